The summed E-state index contributed by atoms with van der Waals surface area (Å²) in [6.07, 6.45) is 6.80. The van der Waals surface area contributed by atoms with E-state index < -0.39 is 5.97 Å². The van der Waals surface area contributed by atoms with E-state index in [0.717, 1.165) is 12.8 Å². The molecule has 4 nitrogen and oxygen atoms in total. The Hall–Kier alpha value is -2.33. The van der Waals surface area contributed by atoms with Crippen LogP contribution in [0.4, 0.5) is 5.69 Å². The zero-order valence-corrected chi connectivity index (χ0v) is 16.4. The van der Waals surface area contributed by atoms with E-state index in [4.69, 9.17) is 16.3 Å². The van der Waals surface area contributed by atoms with Crippen LogP contribution in [0.3, 0.4) is 0 Å². The maximum absolute atomic E-state index is 12.4. The molecule has 1 N–H and O–H groups in total. The van der Waals surface area contributed by atoms with Gasteiger partial charge in [-0.15, -0.1) is 0 Å². The zero-order chi connectivity index (χ0) is 19.5. The average molecular weight is 388 g/mol. The molecule has 2 aromatic carbocycles. The minimum absolute atomic E-state index is 0.325. The van der Waals surface area contributed by atoms with Crippen molar-refractivity contribution in [3.63, 3.8) is 0 Å². The highest BCUT2D eigenvalue weighted by atomic mass is 35.5. The van der Waals surface area contributed by atoms with Gasteiger partial charge in [-0.1, -0.05) is 68.8 Å². The lowest BCUT2D eigenvalue weighted by atomic mass is 10.1. The van der Waals surface area contributed by atoms with Gasteiger partial charge >= 0.3 is 5.97 Å². The summed E-state index contributed by atoms with van der Waals surface area (Å²) in [5.41, 5.74) is 1.27. The van der Waals surface area contributed by atoms with Gasteiger partial charge in [-0.3, -0.25) is 4.79 Å². The molecular weight excluding hydrogens is 362 g/mol. The molecule has 0 aliphatic rings. The maximum atomic E-state index is 12.4. The largest absolute Gasteiger partial charge is 0.462 e. The predicted octanol–water partition coefficient (Wildman–Crippen LogP) is 6.11. The molecule has 0 aliphatic carbocycles. The number of benzene rings is 2. The molecule has 0 aliphatic heterocycles. The molecule has 0 radical (unpaired) electrons. The van der Waals surface area contributed by atoms with Gasteiger partial charge in [0.1, 0.15) is 0 Å². The molecule has 144 valence electrons. The lowest BCUT2D eigenvalue weighted by Crippen LogP contribution is -2.14. The van der Waals surface area contributed by atoms with Crippen molar-refractivity contribution in [3.05, 3.63) is 64.7 Å². The second-order valence-corrected chi connectivity index (χ2v) is 6.83. The molecular formula is C22H26ClNO3. The van der Waals surface area contributed by atoms with E-state index in [0.29, 0.717) is 28.4 Å². The lowest BCUT2D eigenvalue weighted by molar-refractivity contribution is 0.0497. The monoisotopic (exact) mass is 387 g/mol. The van der Waals surface area contributed by atoms with Crippen molar-refractivity contribution >= 4 is 29.2 Å². The van der Waals surface area contributed by atoms with Gasteiger partial charge in [-0.05, 0) is 36.8 Å². The van der Waals surface area contributed by atoms with E-state index in [1.807, 2.05) is 0 Å². The van der Waals surface area contributed by atoms with Crippen LogP contribution in [0, 0.1) is 0 Å². The highest BCUT2D eigenvalue weighted by molar-refractivity contribution is 6.33. The van der Waals surface area contributed by atoms with Gasteiger partial charge in [-0.25, -0.2) is 4.79 Å². The van der Waals surface area contributed by atoms with E-state index in [9.17, 15) is 9.59 Å². The maximum Gasteiger partial charge on any atom is 0.338 e. The Morgan fingerprint density at radius 3 is 2.41 bits per heavy atom. The SMILES string of the molecule is CCCCCCCCOC(=O)c1cccc(C(=O)Nc2ccccc2Cl)c1. The molecule has 0 saturated heterocycles. The summed E-state index contributed by atoms with van der Waals surface area (Å²) < 4.78 is 5.31. The standard InChI is InChI=1S/C22H26ClNO3/c1-2-3-4-5-6-9-15-27-22(26)18-12-10-11-17(16-18)21(25)24-20-14-8-7-13-19(20)23/h7-8,10-14,16H,2-6,9,15H2,1H3,(H,24,25). The molecule has 0 spiro atoms. The Balaban J connectivity index is 1.86. The molecule has 2 rings (SSSR count). The zero-order valence-electron chi connectivity index (χ0n) is 15.7. The number of halogens is 1. The number of ether oxygens (including phenoxy) is 1. The molecule has 0 saturated carbocycles. The fraction of sp³-hybridized carbons (Fsp3) is 0.364. The fourth-order valence-electron chi connectivity index (χ4n) is 2.68. The molecule has 0 unspecified atom stereocenters. The van der Waals surface area contributed by atoms with Crippen LogP contribution in [0.2, 0.25) is 5.02 Å². The summed E-state index contributed by atoms with van der Waals surface area (Å²) in [6, 6.07) is 13.5. The normalized spacial score (nSPS) is 10.4. The molecule has 2 aromatic rings. The van der Waals surface area contributed by atoms with Crippen LogP contribution in [-0.4, -0.2) is 18.5 Å². The average Bonchev–Trinajstić information content (AvgIpc) is 2.69. The van der Waals surface area contributed by atoms with E-state index >= 15 is 0 Å². The molecule has 1 amide bonds. The van der Waals surface area contributed by atoms with Crippen LogP contribution in [-0.2, 0) is 4.74 Å². The third-order valence-corrected chi connectivity index (χ3v) is 4.54. The number of amides is 1. The van der Waals surface area contributed by atoms with Crippen LogP contribution >= 0.6 is 11.6 Å². The third kappa shape index (κ3) is 7.06. The summed E-state index contributed by atoms with van der Waals surface area (Å²) in [5.74, 6) is -0.732. The van der Waals surface area contributed by atoms with Crippen molar-refractivity contribution in [3.8, 4) is 0 Å². The van der Waals surface area contributed by atoms with Crippen molar-refractivity contribution in [2.45, 2.75) is 45.4 Å². The van der Waals surface area contributed by atoms with Crippen LogP contribution in [0.1, 0.15) is 66.2 Å². The first-order chi connectivity index (χ1) is 13.1. The number of hydrogen-bond donors (Lipinski definition) is 1. The first kappa shape index (κ1) is 21.0. The number of hydrogen-bond acceptors (Lipinski definition) is 3. The van der Waals surface area contributed by atoms with Gasteiger partial charge in [0.2, 0.25) is 0 Å². The summed E-state index contributed by atoms with van der Waals surface area (Å²) in [4.78, 5) is 24.6. The number of esters is 1. The summed E-state index contributed by atoms with van der Waals surface area (Å²) in [5, 5.41) is 3.20. The Kier molecular flexibility index (Phi) is 8.85. The number of nitrogens with one attached hydrogen (secondary N) is 1. The number of carbonyl (C=O) groups excluding carboxylic acids is 2. The van der Waals surface area contributed by atoms with E-state index in [-0.39, 0.29) is 5.91 Å². The fourth-order valence-corrected chi connectivity index (χ4v) is 2.86. The van der Waals surface area contributed by atoms with Crippen LogP contribution in [0.25, 0.3) is 0 Å². The van der Waals surface area contributed by atoms with Crippen molar-refractivity contribution in [1.82, 2.24) is 0 Å². The van der Waals surface area contributed by atoms with E-state index in [1.165, 1.54) is 31.7 Å². The molecule has 0 aromatic heterocycles. The van der Waals surface area contributed by atoms with E-state index in [1.54, 1.807) is 42.5 Å². The minimum atomic E-state index is -0.407. The van der Waals surface area contributed by atoms with Gasteiger partial charge in [-0.2, -0.15) is 0 Å². The Morgan fingerprint density at radius 1 is 0.926 bits per heavy atom. The Morgan fingerprint density at radius 2 is 1.63 bits per heavy atom. The molecule has 27 heavy (non-hydrogen) atoms. The summed E-state index contributed by atoms with van der Waals surface area (Å²) in [7, 11) is 0. The summed E-state index contributed by atoms with van der Waals surface area (Å²) >= 11 is 6.06. The molecule has 0 fully saturated rings. The summed E-state index contributed by atoms with van der Waals surface area (Å²) in [6.45, 7) is 2.59. The smallest absolute Gasteiger partial charge is 0.338 e. The van der Waals surface area contributed by atoms with Crippen molar-refractivity contribution in [1.29, 1.82) is 0 Å². The minimum Gasteiger partial charge on any atom is -0.462 e. The lowest BCUT2D eigenvalue weighted by Gasteiger charge is -2.09. The first-order valence-corrected chi connectivity index (χ1v) is 9.82. The second kappa shape index (κ2) is 11.4. The van der Waals surface area contributed by atoms with Crippen LogP contribution in [0.5, 0.6) is 0 Å². The highest BCUT2D eigenvalue weighted by Crippen LogP contribution is 2.21. The van der Waals surface area contributed by atoms with Gasteiger partial charge in [0.05, 0.1) is 22.9 Å². The van der Waals surface area contributed by atoms with Gasteiger partial charge in [0.15, 0.2) is 0 Å². The highest BCUT2D eigenvalue weighted by Gasteiger charge is 2.12. The van der Waals surface area contributed by atoms with Gasteiger partial charge in [0, 0.05) is 5.56 Å². The number of anilines is 1. The van der Waals surface area contributed by atoms with Crippen LogP contribution in [0.15, 0.2) is 48.5 Å². The number of para-hydroxylation sites is 1. The molecule has 0 bridgehead atoms. The third-order valence-electron chi connectivity index (χ3n) is 4.21. The van der Waals surface area contributed by atoms with Gasteiger partial charge < -0.3 is 10.1 Å². The van der Waals surface area contributed by atoms with Crippen molar-refractivity contribution < 1.29 is 14.3 Å². The van der Waals surface area contributed by atoms with Crippen molar-refractivity contribution in [2.24, 2.45) is 0 Å². The quantitative estimate of drug-likeness (QED) is 0.395. The number of rotatable bonds is 10. The number of unbranched alkanes of at least 4 members (excludes halogenated alkanes) is 5. The molecule has 5 heteroatoms. The van der Waals surface area contributed by atoms with Crippen molar-refractivity contribution in [2.75, 3.05) is 11.9 Å². The second-order valence-electron chi connectivity index (χ2n) is 6.42. The number of carbonyl (C=O) groups is 2. The first-order valence-electron chi connectivity index (χ1n) is 9.45. The van der Waals surface area contributed by atoms with Gasteiger partial charge in [0.25, 0.3) is 5.91 Å². The Labute approximate surface area is 165 Å². The Bertz CT molecular complexity index is 761. The van der Waals surface area contributed by atoms with Crippen LogP contribution < -0.4 is 5.32 Å². The predicted molar refractivity (Wildman–Crippen MR) is 110 cm³/mol. The topological polar surface area (TPSA) is 55.4 Å². The molecule has 0 atom stereocenters. The van der Waals surface area contributed by atoms with E-state index in [2.05, 4.69) is 12.2 Å². The molecule has 0 heterocycles.